The molecule has 0 bridgehead atoms. The van der Waals surface area contributed by atoms with E-state index < -0.39 is 0 Å². The maximum Gasteiger partial charge on any atom is 0.292 e. The van der Waals surface area contributed by atoms with Crippen LogP contribution in [0, 0.1) is 0 Å². The van der Waals surface area contributed by atoms with Crippen LogP contribution in [-0.2, 0) is 0 Å². The first kappa shape index (κ1) is 8.82. The normalized spacial score (nSPS) is 7.40. The van der Waals surface area contributed by atoms with Gasteiger partial charge in [-0.05, 0) is 0 Å². The second kappa shape index (κ2) is 9.39. The fourth-order valence-corrected chi connectivity index (χ4v) is 0. The molecule has 0 aliphatic heterocycles. The lowest BCUT2D eigenvalue weighted by Gasteiger charge is -1.54. The Morgan fingerprint density at radius 3 is 1.80 bits per heavy atom. The Bertz CT molecular complexity index is 22.8. The molecule has 0 heterocycles. The summed E-state index contributed by atoms with van der Waals surface area (Å²) in [6, 6.07) is 0. The summed E-state index contributed by atoms with van der Waals surface area (Å²) < 4.78 is 0. The first-order valence-electron chi connectivity index (χ1n) is 0.905. The first-order chi connectivity index (χ1) is 1.91. The number of hydrogen-bond acceptors (Lipinski definition) is 2. The van der Waals surface area contributed by atoms with Gasteiger partial charge in [0.05, 0.1) is 0 Å². The summed E-state index contributed by atoms with van der Waals surface area (Å²) in [5.74, 6) is 0. The van der Waals surface area contributed by atoms with Crippen LogP contribution in [0.3, 0.4) is 0 Å². The van der Waals surface area contributed by atoms with E-state index in [4.69, 9.17) is 0 Å². The van der Waals surface area contributed by atoms with Crippen molar-refractivity contribution in [3.63, 3.8) is 0 Å². The van der Waals surface area contributed by atoms with Gasteiger partial charge in [0.25, 0.3) is 7.98 Å². The van der Waals surface area contributed by atoms with Crippen molar-refractivity contribution in [2.75, 3.05) is 7.05 Å². The van der Waals surface area contributed by atoms with Gasteiger partial charge in [0.1, 0.15) is 0 Å². The molecule has 0 aromatic carbocycles. The van der Waals surface area contributed by atoms with E-state index in [-0.39, 0.29) is 7.43 Å². The average Bonchev–Trinajstić information content (AvgIpc) is 1.37. The van der Waals surface area contributed by atoms with Crippen molar-refractivity contribution >= 4 is 7.98 Å². The summed E-state index contributed by atoms with van der Waals surface area (Å²) in [5, 5.41) is 6.00. The van der Waals surface area contributed by atoms with Crippen LogP contribution in [-0.4, -0.2) is 15.0 Å². The molecule has 0 aliphatic rings. The van der Waals surface area contributed by atoms with Gasteiger partial charge >= 0.3 is 0 Å². The highest BCUT2D eigenvalue weighted by Crippen LogP contribution is 1.46. The van der Waals surface area contributed by atoms with E-state index in [0.717, 1.165) is 0 Å². The van der Waals surface area contributed by atoms with Crippen molar-refractivity contribution in [3.05, 3.63) is 0 Å². The molecule has 0 rings (SSSR count). The molecule has 0 amide bonds. The van der Waals surface area contributed by atoms with Crippen LogP contribution in [0.25, 0.3) is 0 Å². The molecular formula is C2H7BN2. The van der Waals surface area contributed by atoms with E-state index in [2.05, 4.69) is 18.1 Å². The molecule has 0 aromatic heterocycles. The van der Waals surface area contributed by atoms with Crippen molar-refractivity contribution in [2.24, 2.45) is 10.1 Å². The standard InChI is InChI=1S/CH3BN2.CH4/c1-3-4-2;/h1H3;1H4. The molecule has 0 spiro atoms. The molecule has 0 aliphatic carbocycles. The largest absolute Gasteiger partial charge is 0.292 e. The van der Waals surface area contributed by atoms with Gasteiger partial charge in [-0.1, -0.05) is 7.43 Å². The molecule has 0 atom stereocenters. The smallest absolute Gasteiger partial charge is 0.274 e. The highest BCUT2D eigenvalue weighted by molar-refractivity contribution is 6.04. The summed E-state index contributed by atoms with van der Waals surface area (Å²) in [6.45, 7) is 0. The van der Waals surface area contributed by atoms with Gasteiger partial charge in [-0.2, -0.15) is 0 Å². The molecule has 0 saturated carbocycles. The Morgan fingerprint density at radius 2 is 1.80 bits per heavy atom. The van der Waals surface area contributed by atoms with Crippen LogP contribution in [0.2, 0.25) is 0 Å². The van der Waals surface area contributed by atoms with Crippen LogP contribution in [0.1, 0.15) is 7.43 Å². The van der Waals surface area contributed by atoms with Crippen molar-refractivity contribution in [2.45, 2.75) is 7.43 Å². The monoisotopic (exact) mass is 70.1 g/mol. The maximum atomic E-state index is 4.49. The Labute approximate surface area is 33.7 Å². The van der Waals surface area contributed by atoms with E-state index in [1.165, 1.54) is 7.05 Å². The first-order valence-corrected chi connectivity index (χ1v) is 0.905. The quantitative estimate of drug-likeness (QED) is 0.297. The molecular weight excluding hydrogens is 62.8 g/mol. The second-order valence-corrected chi connectivity index (χ2v) is 0.315. The van der Waals surface area contributed by atoms with Crippen LogP contribution in [0.4, 0.5) is 0 Å². The van der Waals surface area contributed by atoms with Gasteiger partial charge in [0.15, 0.2) is 0 Å². The molecule has 5 heavy (non-hydrogen) atoms. The molecule has 0 aromatic rings. The van der Waals surface area contributed by atoms with Gasteiger partial charge in [-0.25, -0.2) is 5.11 Å². The Hall–Kier alpha value is -0.335. The summed E-state index contributed by atoms with van der Waals surface area (Å²) in [7, 11) is 6.00. The molecule has 0 fully saturated rings. The zero-order valence-corrected chi connectivity index (χ0v) is 2.47. The Morgan fingerprint density at radius 1 is 1.60 bits per heavy atom. The summed E-state index contributed by atoms with van der Waals surface area (Å²) in [4.78, 5) is 0. The topological polar surface area (TPSA) is 24.7 Å². The minimum Gasteiger partial charge on any atom is -0.274 e. The second-order valence-electron chi connectivity index (χ2n) is 0.315. The minimum atomic E-state index is 0. The molecule has 2 nitrogen and oxygen atoms in total. The molecule has 0 saturated heterocycles. The predicted molar refractivity (Wildman–Crippen MR) is 23.3 cm³/mol. The summed E-state index contributed by atoms with van der Waals surface area (Å²) in [5.41, 5.74) is 0. The van der Waals surface area contributed by atoms with Gasteiger partial charge < -0.3 is 0 Å². The van der Waals surface area contributed by atoms with Crippen molar-refractivity contribution in [1.29, 1.82) is 0 Å². The van der Waals surface area contributed by atoms with Crippen LogP contribution in [0.15, 0.2) is 10.1 Å². The Kier molecular flexibility index (Phi) is 16.6. The van der Waals surface area contributed by atoms with Crippen molar-refractivity contribution < 1.29 is 0 Å². The maximum absolute atomic E-state index is 4.49. The molecule has 28 valence electrons. The predicted octanol–water partition coefficient (Wildman–Crippen LogP) is 0.788. The molecule has 2 radical (unpaired) electrons. The number of nitrogens with zero attached hydrogens (tertiary/aromatic N) is 2. The zero-order valence-electron chi connectivity index (χ0n) is 2.47. The fourth-order valence-electron chi connectivity index (χ4n) is 0. The van der Waals surface area contributed by atoms with Gasteiger partial charge in [0, 0.05) is 7.05 Å². The average molecular weight is 69.9 g/mol. The third-order valence-corrected chi connectivity index (χ3v) is 0.115. The molecule has 3 heteroatoms. The van der Waals surface area contributed by atoms with Gasteiger partial charge in [0.2, 0.25) is 0 Å². The summed E-state index contributed by atoms with van der Waals surface area (Å²) in [6.07, 6.45) is 0. The lowest BCUT2D eigenvalue weighted by atomic mass is 10.5. The van der Waals surface area contributed by atoms with Gasteiger partial charge in [-0.15, -0.1) is 0 Å². The summed E-state index contributed by atoms with van der Waals surface area (Å²) >= 11 is 0. The molecule has 0 N–H and O–H groups in total. The van der Waals surface area contributed by atoms with Crippen molar-refractivity contribution in [1.82, 2.24) is 0 Å². The zero-order chi connectivity index (χ0) is 3.41. The van der Waals surface area contributed by atoms with Gasteiger partial charge in [-0.3, -0.25) is 5.03 Å². The van der Waals surface area contributed by atoms with Crippen LogP contribution in [0.5, 0.6) is 0 Å². The van der Waals surface area contributed by atoms with E-state index >= 15 is 0 Å². The number of rotatable bonds is 0. The SMILES string of the molecule is C.[B]N=NC. The lowest BCUT2D eigenvalue weighted by molar-refractivity contribution is 1.25. The third kappa shape index (κ3) is 23.0. The van der Waals surface area contributed by atoms with Crippen LogP contribution >= 0.6 is 0 Å². The van der Waals surface area contributed by atoms with Crippen LogP contribution < -0.4 is 0 Å². The molecule has 0 unspecified atom stereocenters. The van der Waals surface area contributed by atoms with E-state index in [0.29, 0.717) is 0 Å². The lowest BCUT2D eigenvalue weighted by Crippen LogP contribution is -1.42. The van der Waals surface area contributed by atoms with E-state index in [9.17, 15) is 0 Å². The fraction of sp³-hybridized carbons (Fsp3) is 1.00. The third-order valence-electron chi connectivity index (χ3n) is 0.115. The van der Waals surface area contributed by atoms with E-state index in [1.807, 2.05) is 0 Å². The number of hydrogen-bond donors (Lipinski definition) is 0. The van der Waals surface area contributed by atoms with Crippen molar-refractivity contribution in [3.8, 4) is 0 Å². The van der Waals surface area contributed by atoms with E-state index in [1.54, 1.807) is 0 Å². The highest BCUT2D eigenvalue weighted by Gasteiger charge is 1.34. The highest BCUT2D eigenvalue weighted by atomic mass is 15.0. The Balaban J connectivity index is 0. The minimum absolute atomic E-state index is 0.